The van der Waals surface area contributed by atoms with Crippen LogP contribution in [-0.4, -0.2) is 41.6 Å². The monoisotopic (exact) mass is 226 g/mol. The van der Waals surface area contributed by atoms with Crippen LogP contribution in [0.4, 0.5) is 0 Å². The SMILES string of the molecule is CCN(CC)C1(N(CC)CC)CCCCC1. The zero-order chi connectivity index (χ0) is 12.0. The maximum absolute atomic E-state index is 2.69. The topological polar surface area (TPSA) is 6.48 Å². The fourth-order valence-corrected chi connectivity index (χ4v) is 3.57. The van der Waals surface area contributed by atoms with Crippen molar-refractivity contribution in [3.8, 4) is 0 Å². The highest BCUT2D eigenvalue weighted by Crippen LogP contribution is 2.36. The van der Waals surface area contributed by atoms with E-state index in [0.717, 1.165) is 0 Å². The molecule has 0 aromatic rings. The van der Waals surface area contributed by atoms with E-state index in [9.17, 15) is 0 Å². The van der Waals surface area contributed by atoms with Crippen LogP contribution in [0.1, 0.15) is 59.8 Å². The molecule has 0 aromatic heterocycles. The molecule has 0 amide bonds. The van der Waals surface area contributed by atoms with Crippen molar-refractivity contribution in [3.05, 3.63) is 0 Å². The number of rotatable bonds is 6. The summed E-state index contributed by atoms with van der Waals surface area (Å²) in [5.41, 5.74) is 0.380. The molecule has 0 unspecified atom stereocenters. The van der Waals surface area contributed by atoms with Gasteiger partial charge in [-0.05, 0) is 39.0 Å². The average Bonchev–Trinajstić information content (AvgIpc) is 2.33. The highest BCUT2D eigenvalue weighted by atomic mass is 15.4. The summed E-state index contributed by atoms with van der Waals surface area (Å²) < 4.78 is 0. The average molecular weight is 226 g/mol. The van der Waals surface area contributed by atoms with E-state index in [-0.39, 0.29) is 0 Å². The maximum atomic E-state index is 2.69. The van der Waals surface area contributed by atoms with Gasteiger partial charge in [-0.1, -0.05) is 47.0 Å². The van der Waals surface area contributed by atoms with E-state index < -0.39 is 0 Å². The van der Waals surface area contributed by atoms with Crippen molar-refractivity contribution in [3.63, 3.8) is 0 Å². The van der Waals surface area contributed by atoms with Gasteiger partial charge in [-0.3, -0.25) is 9.80 Å². The second-order valence-electron chi connectivity index (χ2n) is 4.89. The highest BCUT2D eigenvalue weighted by molar-refractivity contribution is 4.91. The summed E-state index contributed by atoms with van der Waals surface area (Å²) in [4.78, 5) is 5.39. The molecule has 1 saturated carbocycles. The molecule has 0 aliphatic heterocycles. The van der Waals surface area contributed by atoms with Crippen molar-refractivity contribution in [2.24, 2.45) is 0 Å². The molecule has 2 heteroatoms. The molecule has 96 valence electrons. The van der Waals surface area contributed by atoms with E-state index in [4.69, 9.17) is 0 Å². The van der Waals surface area contributed by atoms with Crippen LogP contribution >= 0.6 is 0 Å². The normalized spacial score (nSPS) is 20.6. The van der Waals surface area contributed by atoms with Crippen molar-refractivity contribution in [2.45, 2.75) is 65.5 Å². The first kappa shape index (κ1) is 14.0. The lowest BCUT2D eigenvalue weighted by Crippen LogP contribution is -2.61. The Morgan fingerprint density at radius 1 is 0.688 bits per heavy atom. The molecule has 0 atom stereocenters. The van der Waals surface area contributed by atoms with Gasteiger partial charge in [-0.25, -0.2) is 0 Å². The van der Waals surface area contributed by atoms with Crippen LogP contribution in [0.15, 0.2) is 0 Å². The fraction of sp³-hybridized carbons (Fsp3) is 1.00. The van der Waals surface area contributed by atoms with Crippen LogP contribution in [0.2, 0.25) is 0 Å². The summed E-state index contributed by atoms with van der Waals surface area (Å²) in [6.45, 7) is 14.0. The standard InChI is InChI=1S/C14H30N2/c1-5-15(6-2)14(16(7-3)8-4)12-10-9-11-13-14/h5-13H2,1-4H3. The Balaban J connectivity index is 2.89. The summed E-state index contributed by atoms with van der Waals surface area (Å²) in [5, 5.41) is 0. The molecule has 0 bridgehead atoms. The Kier molecular flexibility index (Phi) is 5.77. The van der Waals surface area contributed by atoms with Crippen LogP contribution in [0.3, 0.4) is 0 Å². The summed E-state index contributed by atoms with van der Waals surface area (Å²) in [6.07, 6.45) is 7.00. The third kappa shape index (κ3) is 2.60. The second-order valence-corrected chi connectivity index (χ2v) is 4.89. The maximum Gasteiger partial charge on any atom is 0.0737 e. The van der Waals surface area contributed by atoms with Gasteiger partial charge in [0.1, 0.15) is 0 Å². The summed E-state index contributed by atoms with van der Waals surface area (Å²) >= 11 is 0. The van der Waals surface area contributed by atoms with Gasteiger partial charge in [0.25, 0.3) is 0 Å². The molecule has 0 heterocycles. The molecule has 0 saturated heterocycles. The van der Waals surface area contributed by atoms with E-state index in [1.165, 1.54) is 58.3 Å². The Hall–Kier alpha value is -0.0800. The minimum absolute atomic E-state index is 0.380. The third-order valence-corrected chi connectivity index (χ3v) is 4.36. The first-order valence-electron chi connectivity index (χ1n) is 7.25. The minimum Gasteiger partial charge on any atom is -0.286 e. The zero-order valence-corrected chi connectivity index (χ0v) is 11.8. The van der Waals surface area contributed by atoms with E-state index in [2.05, 4.69) is 37.5 Å². The Morgan fingerprint density at radius 3 is 1.38 bits per heavy atom. The Labute approximate surface area is 102 Å². The minimum atomic E-state index is 0.380. The second kappa shape index (κ2) is 6.61. The van der Waals surface area contributed by atoms with Gasteiger partial charge >= 0.3 is 0 Å². The highest BCUT2D eigenvalue weighted by Gasteiger charge is 2.40. The first-order valence-corrected chi connectivity index (χ1v) is 7.25. The smallest absolute Gasteiger partial charge is 0.0737 e. The van der Waals surface area contributed by atoms with Gasteiger partial charge in [0.15, 0.2) is 0 Å². The van der Waals surface area contributed by atoms with E-state index >= 15 is 0 Å². The van der Waals surface area contributed by atoms with E-state index in [0.29, 0.717) is 5.66 Å². The number of nitrogens with zero attached hydrogens (tertiary/aromatic N) is 2. The van der Waals surface area contributed by atoms with Gasteiger partial charge in [-0.15, -0.1) is 0 Å². The third-order valence-electron chi connectivity index (χ3n) is 4.36. The molecular weight excluding hydrogens is 196 g/mol. The van der Waals surface area contributed by atoms with Gasteiger partial charge in [0.05, 0.1) is 5.66 Å². The van der Waals surface area contributed by atoms with Crippen LogP contribution in [-0.2, 0) is 0 Å². The lowest BCUT2D eigenvalue weighted by atomic mass is 9.85. The molecular formula is C14H30N2. The molecule has 0 aromatic carbocycles. The van der Waals surface area contributed by atoms with Crippen molar-refractivity contribution < 1.29 is 0 Å². The van der Waals surface area contributed by atoms with Gasteiger partial charge in [-0.2, -0.15) is 0 Å². The quantitative estimate of drug-likeness (QED) is 0.641. The zero-order valence-electron chi connectivity index (χ0n) is 11.8. The molecule has 0 radical (unpaired) electrons. The molecule has 1 aliphatic rings. The van der Waals surface area contributed by atoms with Gasteiger partial charge in [0.2, 0.25) is 0 Å². The predicted molar refractivity (Wildman–Crippen MR) is 71.7 cm³/mol. The predicted octanol–water partition coefficient (Wildman–Crippen LogP) is 3.33. The van der Waals surface area contributed by atoms with Crippen LogP contribution < -0.4 is 0 Å². The Bertz CT molecular complexity index is 163. The van der Waals surface area contributed by atoms with Crippen molar-refractivity contribution in [1.82, 2.24) is 9.80 Å². The van der Waals surface area contributed by atoms with Crippen LogP contribution in [0.5, 0.6) is 0 Å². The van der Waals surface area contributed by atoms with Crippen molar-refractivity contribution in [1.29, 1.82) is 0 Å². The van der Waals surface area contributed by atoms with Crippen molar-refractivity contribution >= 4 is 0 Å². The number of hydrogen-bond acceptors (Lipinski definition) is 2. The van der Waals surface area contributed by atoms with Crippen LogP contribution in [0, 0.1) is 0 Å². The van der Waals surface area contributed by atoms with E-state index in [1.54, 1.807) is 0 Å². The van der Waals surface area contributed by atoms with Crippen molar-refractivity contribution in [2.75, 3.05) is 26.2 Å². The molecule has 16 heavy (non-hydrogen) atoms. The summed E-state index contributed by atoms with van der Waals surface area (Å²) in [7, 11) is 0. The Morgan fingerprint density at radius 2 is 1.06 bits per heavy atom. The lowest BCUT2D eigenvalue weighted by Gasteiger charge is -2.52. The molecule has 1 aliphatic carbocycles. The molecule has 1 rings (SSSR count). The number of hydrogen-bond donors (Lipinski definition) is 0. The van der Waals surface area contributed by atoms with Crippen LogP contribution in [0.25, 0.3) is 0 Å². The first-order chi connectivity index (χ1) is 7.75. The molecule has 0 N–H and O–H groups in total. The summed E-state index contributed by atoms with van der Waals surface area (Å²) in [6, 6.07) is 0. The van der Waals surface area contributed by atoms with Gasteiger partial charge in [0, 0.05) is 0 Å². The largest absolute Gasteiger partial charge is 0.286 e. The van der Waals surface area contributed by atoms with Gasteiger partial charge < -0.3 is 0 Å². The fourth-order valence-electron chi connectivity index (χ4n) is 3.57. The van der Waals surface area contributed by atoms with E-state index in [1.807, 2.05) is 0 Å². The molecule has 1 fully saturated rings. The molecule has 0 spiro atoms. The lowest BCUT2D eigenvalue weighted by molar-refractivity contribution is -0.0761. The summed E-state index contributed by atoms with van der Waals surface area (Å²) in [5.74, 6) is 0. The molecule has 2 nitrogen and oxygen atoms in total.